The molecule has 0 amide bonds. The molecule has 1 aliphatic rings. The highest BCUT2D eigenvalue weighted by Gasteiger charge is 2.20. The van der Waals surface area contributed by atoms with Crippen molar-refractivity contribution in [2.45, 2.75) is 58.9 Å². The van der Waals surface area contributed by atoms with E-state index in [9.17, 15) is 0 Å². The van der Waals surface area contributed by atoms with Gasteiger partial charge >= 0.3 is 9.28 Å². The van der Waals surface area contributed by atoms with Crippen LogP contribution in [0.15, 0.2) is 0 Å². The minimum Gasteiger partial charge on any atom is -0.397 e. The topological polar surface area (TPSA) is 18.5 Å². The first-order chi connectivity index (χ1) is 7.76. The fourth-order valence-corrected chi connectivity index (χ4v) is 4.31. The normalized spacial score (nSPS) is 18.8. The lowest BCUT2D eigenvalue weighted by molar-refractivity contribution is 0.205. The Labute approximate surface area is 103 Å². The summed E-state index contributed by atoms with van der Waals surface area (Å²) in [5.41, 5.74) is 0. The van der Waals surface area contributed by atoms with Crippen molar-refractivity contribution in [2.75, 3.05) is 13.2 Å². The number of hydrogen-bond acceptors (Lipinski definition) is 2. The van der Waals surface area contributed by atoms with E-state index in [0.29, 0.717) is 0 Å². The maximum Gasteiger partial charge on any atom is 0.321 e. The molecule has 0 saturated heterocycles. The molecule has 96 valence electrons. The molecule has 0 radical (unpaired) electrons. The third-order valence-electron chi connectivity index (χ3n) is 3.59. The zero-order valence-electron chi connectivity index (χ0n) is 11.2. The first-order valence-corrected chi connectivity index (χ1v) is 8.75. The Kier molecular flexibility index (Phi) is 7.33. The van der Waals surface area contributed by atoms with E-state index in [2.05, 4.69) is 20.8 Å². The molecule has 2 nitrogen and oxygen atoms in total. The first-order valence-electron chi connectivity index (χ1n) is 6.99. The molecule has 16 heavy (non-hydrogen) atoms. The fourth-order valence-electron chi connectivity index (χ4n) is 2.30. The van der Waals surface area contributed by atoms with Crippen LogP contribution in [0.3, 0.4) is 0 Å². The number of hydrogen-bond donors (Lipinski definition) is 0. The Bertz CT molecular complexity index is 165. The van der Waals surface area contributed by atoms with Crippen LogP contribution in [0.1, 0.15) is 52.9 Å². The summed E-state index contributed by atoms with van der Waals surface area (Å²) < 4.78 is 11.4. The van der Waals surface area contributed by atoms with E-state index >= 15 is 0 Å². The summed E-state index contributed by atoms with van der Waals surface area (Å²) in [6.45, 7) is 8.12. The van der Waals surface area contributed by atoms with Crippen LogP contribution >= 0.6 is 0 Å². The van der Waals surface area contributed by atoms with Crippen LogP contribution < -0.4 is 0 Å². The van der Waals surface area contributed by atoms with Gasteiger partial charge in [-0.2, -0.15) is 0 Å². The van der Waals surface area contributed by atoms with Crippen molar-refractivity contribution in [1.82, 2.24) is 0 Å². The Hall–Kier alpha value is 0.137. The van der Waals surface area contributed by atoms with Crippen molar-refractivity contribution in [3.05, 3.63) is 0 Å². The van der Waals surface area contributed by atoms with Gasteiger partial charge in [0.25, 0.3) is 0 Å². The van der Waals surface area contributed by atoms with Gasteiger partial charge in [0.05, 0.1) is 0 Å². The van der Waals surface area contributed by atoms with Crippen molar-refractivity contribution in [2.24, 2.45) is 11.8 Å². The second kappa shape index (κ2) is 8.26. The molecule has 0 bridgehead atoms. The molecule has 0 N–H and O–H groups in total. The van der Waals surface area contributed by atoms with Gasteiger partial charge in [0.15, 0.2) is 0 Å². The molecular formula is C13H28O2Si. The Morgan fingerprint density at radius 1 is 1.19 bits per heavy atom. The average Bonchev–Trinajstić information content (AvgIpc) is 2.16. The van der Waals surface area contributed by atoms with Crippen molar-refractivity contribution < 1.29 is 8.85 Å². The lowest BCUT2D eigenvalue weighted by atomic mass is 9.81. The van der Waals surface area contributed by atoms with Crippen LogP contribution in [-0.2, 0) is 8.85 Å². The molecule has 1 atom stereocenters. The SMILES string of the molecule is CCO[SiH](CC(C)CCC1CCC1)OCC. The van der Waals surface area contributed by atoms with Gasteiger partial charge in [-0.1, -0.05) is 39.0 Å². The van der Waals surface area contributed by atoms with E-state index in [1.54, 1.807) is 0 Å². The molecule has 0 aromatic heterocycles. The van der Waals surface area contributed by atoms with Gasteiger partial charge in [-0.3, -0.25) is 0 Å². The molecule has 3 heteroatoms. The van der Waals surface area contributed by atoms with Crippen molar-refractivity contribution >= 4 is 9.28 Å². The molecule has 0 aromatic rings. The van der Waals surface area contributed by atoms with Gasteiger partial charge in [-0.05, 0) is 31.7 Å². The predicted molar refractivity (Wildman–Crippen MR) is 70.9 cm³/mol. The summed E-state index contributed by atoms with van der Waals surface area (Å²) in [5.74, 6) is 1.83. The van der Waals surface area contributed by atoms with Crippen molar-refractivity contribution in [3.8, 4) is 0 Å². The summed E-state index contributed by atoms with van der Waals surface area (Å²) in [6.07, 6.45) is 7.22. The van der Waals surface area contributed by atoms with Crippen LogP contribution in [0.25, 0.3) is 0 Å². The summed E-state index contributed by atoms with van der Waals surface area (Å²) >= 11 is 0. The van der Waals surface area contributed by atoms with E-state index in [0.717, 1.165) is 25.0 Å². The summed E-state index contributed by atoms with van der Waals surface area (Å²) in [7, 11) is -1.35. The summed E-state index contributed by atoms with van der Waals surface area (Å²) in [4.78, 5) is 0. The molecule has 1 rings (SSSR count). The smallest absolute Gasteiger partial charge is 0.321 e. The highest BCUT2D eigenvalue weighted by molar-refractivity contribution is 6.44. The molecule has 1 saturated carbocycles. The van der Waals surface area contributed by atoms with E-state index in [4.69, 9.17) is 8.85 Å². The fraction of sp³-hybridized carbons (Fsp3) is 1.00. The Morgan fingerprint density at radius 2 is 1.81 bits per heavy atom. The van der Waals surface area contributed by atoms with E-state index in [-0.39, 0.29) is 0 Å². The quantitative estimate of drug-likeness (QED) is 0.578. The summed E-state index contributed by atoms with van der Waals surface area (Å²) in [6, 6.07) is 1.19. The first kappa shape index (κ1) is 14.2. The third kappa shape index (κ3) is 5.46. The van der Waals surface area contributed by atoms with Gasteiger partial charge in [0, 0.05) is 13.2 Å². The van der Waals surface area contributed by atoms with E-state index < -0.39 is 9.28 Å². The van der Waals surface area contributed by atoms with Crippen LogP contribution in [0.4, 0.5) is 0 Å². The van der Waals surface area contributed by atoms with Crippen LogP contribution in [0.5, 0.6) is 0 Å². The zero-order valence-corrected chi connectivity index (χ0v) is 12.4. The maximum absolute atomic E-state index is 5.72. The van der Waals surface area contributed by atoms with E-state index in [1.807, 2.05) is 0 Å². The highest BCUT2D eigenvalue weighted by atomic mass is 28.3. The van der Waals surface area contributed by atoms with E-state index in [1.165, 1.54) is 38.1 Å². The molecule has 1 unspecified atom stereocenters. The molecule has 0 aromatic carbocycles. The second-order valence-electron chi connectivity index (χ2n) is 5.06. The minimum atomic E-state index is -1.35. The lowest BCUT2D eigenvalue weighted by Crippen LogP contribution is -2.25. The van der Waals surface area contributed by atoms with Gasteiger partial charge in [0.2, 0.25) is 0 Å². The Morgan fingerprint density at radius 3 is 2.25 bits per heavy atom. The minimum absolute atomic E-state index is 0.787. The summed E-state index contributed by atoms with van der Waals surface area (Å²) in [5, 5.41) is 0. The molecule has 0 spiro atoms. The van der Waals surface area contributed by atoms with Gasteiger partial charge < -0.3 is 8.85 Å². The third-order valence-corrected chi connectivity index (χ3v) is 6.19. The largest absolute Gasteiger partial charge is 0.397 e. The van der Waals surface area contributed by atoms with Gasteiger partial charge in [-0.15, -0.1) is 0 Å². The Balaban J connectivity index is 2.10. The van der Waals surface area contributed by atoms with Gasteiger partial charge in [-0.25, -0.2) is 0 Å². The maximum atomic E-state index is 5.72. The lowest BCUT2D eigenvalue weighted by Gasteiger charge is -2.27. The van der Waals surface area contributed by atoms with Gasteiger partial charge in [0.1, 0.15) is 0 Å². The average molecular weight is 244 g/mol. The van der Waals surface area contributed by atoms with Crippen LogP contribution in [0.2, 0.25) is 6.04 Å². The van der Waals surface area contributed by atoms with Crippen molar-refractivity contribution in [1.29, 1.82) is 0 Å². The molecule has 1 aliphatic carbocycles. The monoisotopic (exact) mass is 244 g/mol. The van der Waals surface area contributed by atoms with Crippen LogP contribution in [0, 0.1) is 11.8 Å². The molecular weight excluding hydrogens is 216 g/mol. The van der Waals surface area contributed by atoms with Crippen molar-refractivity contribution in [3.63, 3.8) is 0 Å². The molecule has 0 aliphatic heterocycles. The number of rotatable bonds is 9. The molecule has 1 fully saturated rings. The van der Waals surface area contributed by atoms with Crippen LogP contribution in [-0.4, -0.2) is 22.5 Å². The second-order valence-corrected chi connectivity index (χ2v) is 7.05. The highest BCUT2D eigenvalue weighted by Crippen LogP contribution is 2.32. The standard InChI is InChI=1S/C13H28O2Si/c1-4-14-16(15-5-2)11-12(3)9-10-13-7-6-8-13/h12-13,16H,4-11H2,1-3H3. The molecule has 0 heterocycles. The predicted octanol–water partition coefficient (Wildman–Crippen LogP) is 3.50. The zero-order chi connectivity index (χ0) is 11.8.